The summed E-state index contributed by atoms with van der Waals surface area (Å²) >= 11 is 0. The molecule has 0 bridgehead atoms. The van der Waals surface area contributed by atoms with E-state index in [1.54, 1.807) is 0 Å². The quantitative estimate of drug-likeness (QED) is 0.766. The molecule has 0 aromatic heterocycles. The Hall–Kier alpha value is -1.06. The summed E-state index contributed by atoms with van der Waals surface area (Å²) in [6.45, 7) is 3.93. The van der Waals surface area contributed by atoms with Crippen LogP contribution in [0.4, 0.5) is 0 Å². The number of rotatable bonds is 5. The zero-order valence-corrected chi connectivity index (χ0v) is 10.9. The van der Waals surface area contributed by atoms with Gasteiger partial charge in [-0.15, -0.1) is 0 Å². The molecular weight excluding hydrogens is 216 g/mol. The van der Waals surface area contributed by atoms with Gasteiger partial charge in [-0.1, -0.05) is 39.5 Å². The lowest BCUT2D eigenvalue weighted by Gasteiger charge is -2.26. The van der Waals surface area contributed by atoms with Crippen LogP contribution in [0.1, 0.15) is 52.4 Å². The number of amides is 2. The lowest BCUT2D eigenvalue weighted by molar-refractivity contribution is -0.131. The number of carbonyl (C=O) groups is 2. The molecule has 1 fully saturated rings. The third-order valence-corrected chi connectivity index (χ3v) is 3.79. The summed E-state index contributed by atoms with van der Waals surface area (Å²) in [4.78, 5) is 23.3. The fraction of sp³-hybridized carbons (Fsp3) is 0.846. The van der Waals surface area contributed by atoms with Crippen LogP contribution in [0.5, 0.6) is 0 Å². The Morgan fingerprint density at radius 3 is 2.35 bits per heavy atom. The van der Waals surface area contributed by atoms with Crippen LogP contribution < -0.4 is 11.1 Å². The van der Waals surface area contributed by atoms with E-state index < -0.39 is 11.9 Å². The van der Waals surface area contributed by atoms with Gasteiger partial charge < -0.3 is 11.1 Å². The van der Waals surface area contributed by atoms with Gasteiger partial charge in [-0.2, -0.15) is 0 Å². The van der Waals surface area contributed by atoms with Crippen LogP contribution in [0, 0.1) is 11.8 Å². The first-order chi connectivity index (χ1) is 8.06. The Balaban J connectivity index is 2.53. The molecule has 0 spiro atoms. The van der Waals surface area contributed by atoms with Crippen molar-refractivity contribution in [2.45, 2.75) is 58.4 Å². The Morgan fingerprint density at radius 1 is 1.29 bits per heavy atom. The molecule has 17 heavy (non-hydrogen) atoms. The van der Waals surface area contributed by atoms with Gasteiger partial charge in [-0.25, -0.2) is 0 Å². The number of hydrogen-bond donors (Lipinski definition) is 2. The highest BCUT2D eigenvalue weighted by atomic mass is 16.2. The largest absolute Gasteiger partial charge is 0.368 e. The van der Waals surface area contributed by atoms with Crippen LogP contribution >= 0.6 is 0 Å². The number of hydrogen-bond acceptors (Lipinski definition) is 2. The van der Waals surface area contributed by atoms with Gasteiger partial charge in [0.15, 0.2) is 0 Å². The fourth-order valence-corrected chi connectivity index (χ4v) is 2.37. The topological polar surface area (TPSA) is 72.2 Å². The first-order valence-corrected chi connectivity index (χ1v) is 6.66. The average Bonchev–Trinajstić information content (AvgIpc) is 2.35. The maximum atomic E-state index is 12.0. The van der Waals surface area contributed by atoms with Gasteiger partial charge in [0, 0.05) is 5.92 Å². The normalized spacial score (nSPS) is 20.6. The predicted molar refractivity (Wildman–Crippen MR) is 67.2 cm³/mol. The molecule has 1 saturated carbocycles. The van der Waals surface area contributed by atoms with Crippen molar-refractivity contribution >= 4 is 11.8 Å². The molecule has 1 aliphatic rings. The van der Waals surface area contributed by atoms with E-state index in [2.05, 4.69) is 5.32 Å². The van der Waals surface area contributed by atoms with E-state index in [0.29, 0.717) is 0 Å². The number of carbonyl (C=O) groups excluding carboxylic acids is 2. The minimum Gasteiger partial charge on any atom is -0.368 e. The summed E-state index contributed by atoms with van der Waals surface area (Å²) in [6.07, 6.45) is 6.16. The highest BCUT2D eigenvalue weighted by Gasteiger charge is 2.28. The molecule has 0 radical (unpaired) electrons. The first-order valence-electron chi connectivity index (χ1n) is 6.66. The maximum absolute atomic E-state index is 12.0. The summed E-state index contributed by atoms with van der Waals surface area (Å²) in [7, 11) is 0. The average molecular weight is 240 g/mol. The maximum Gasteiger partial charge on any atom is 0.240 e. The van der Waals surface area contributed by atoms with E-state index in [-0.39, 0.29) is 17.7 Å². The predicted octanol–water partition coefficient (Wildman–Crippen LogP) is 1.58. The van der Waals surface area contributed by atoms with E-state index in [9.17, 15) is 9.59 Å². The van der Waals surface area contributed by atoms with E-state index >= 15 is 0 Å². The van der Waals surface area contributed by atoms with Crippen LogP contribution in [-0.4, -0.2) is 17.9 Å². The molecule has 0 aromatic carbocycles. The van der Waals surface area contributed by atoms with Crippen molar-refractivity contribution in [3.05, 3.63) is 0 Å². The number of nitrogens with two attached hydrogens (primary N) is 1. The van der Waals surface area contributed by atoms with Gasteiger partial charge in [0.05, 0.1) is 0 Å². The van der Waals surface area contributed by atoms with Crippen molar-refractivity contribution in [3.63, 3.8) is 0 Å². The van der Waals surface area contributed by atoms with Gasteiger partial charge >= 0.3 is 0 Å². The smallest absolute Gasteiger partial charge is 0.240 e. The summed E-state index contributed by atoms with van der Waals surface area (Å²) in [5.74, 6) is -0.244. The minimum atomic E-state index is -0.519. The molecule has 0 aliphatic heterocycles. The van der Waals surface area contributed by atoms with Crippen LogP contribution in [0.2, 0.25) is 0 Å². The molecule has 1 aliphatic carbocycles. The molecule has 2 atom stereocenters. The number of nitrogens with one attached hydrogen (secondary N) is 1. The highest BCUT2D eigenvalue weighted by molar-refractivity contribution is 5.87. The van der Waals surface area contributed by atoms with Gasteiger partial charge in [0.2, 0.25) is 11.8 Å². The van der Waals surface area contributed by atoms with Crippen molar-refractivity contribution in [3.8, 4) is 0 Å². The van der Waals surface area contributed by atoms with Crippen molar-refractivity contribution in [2.24, 2.45) is 17.6 Å². The van der Waals surface area contributed by atoms with Crippen LogP contribution in [0.3, 0.4) is 0 Å². The third kappa shape index (κ3) is 4.02. The molecule has 0 saturated heterocycles. The second-order valence-corrected chi connectivity index (χ2v) is 5.11. The van der Waals surface area contributed by atoms with Crippen LogP contribution in [0.15, 0.2) is 0 Å². The molecular formula is C13H24N2O2. The Morgan fingerprint density at radius 2 is 1.88 bits per heavy atom. The summed E-state index contributed by atoms with van der Waals surface area (Å²) in [5.41, 5.74) is 5.34. The van der Waals surface area contributed by atoms with E-state index in [0.717, 1.165) is 32.1 Å². The molecule has 0 unspecified atom stereocenters. The molecule has 98 valence electrons. The summed E-state index contributed by atoms with van der Waals surface area (Å²) in [5, 5.41) is 2.82. The van der Waals surface area contributed by atoms with E-state index in [1.807, 2.05) is 13.8 Å². The standard InChI is InChI=1S/C13H24N2O2/c1-3-9(2)11(12(14)16)15-13(17)10-7-5-4-6-8-10/h9-11H,3-8H2,1-2H3,(H2,14,16)(H,15,17)/t9-,11-/m1/s1. The van der Waals surface area contributed by atoms with E-state index in [1.165, 1.54) is 6.42 Å². The minimum absolute atomic E-state index is 0.00815. The lowest BCUT2D eigenvalue weighted by atomic mass is 9.88. The molecule has 0 heterocycles. The zero-order chi connectivity index (χ0) is 12.8. The lowest BCUT2D eigenvalue weighted by Crippen LogP contribution is -2.50. The molecule has 3 N–H and O–H groups in total. The molecule has 0 aromatic rings. The Bertz CT molecular complexity index is 273. The molecule has 4 heteroatoms. The van der Waals surface area contributed by atoms with Crippen molar-refractivity contribution < 1.29 is 9.59 Å². The van der Waals surface area contributed by atoms with Gasteiger partial charge in [0.25, 0.3) is 0 Å². The van der Waals surface area contributed by atoms with Gasteiger partial charge in [-0.3, -0.25) is 9.59 Å². The number of primary amides is 1. The molecule has 4 nitrogen and oxygen atoms in total. The second-order valence-electron chi connectivity index (χ2n) is 5.11. The van der Waals surface area contributed by atoms with E-state index in [4.69, 9.17) is 5.73 Å². The third-order valence-electron chi connectivity index (χ3n) is 3.79. The summed E-state index contributed by atoms with van der Waals surface area (Å²) < 4.78 is 0. The van der Waals surface area contributed by atoms with Crippen molar-refractivity contribution in [1.29, 1.82) is 0 Å². The Labute approximate surface area is 103 Å². The highest BCUT2D eigenvalue weighted by Crippen LogP contribution is 2.24. The van der Waals surface area contributed by atoms with Gasteiger partial charge in [0.1, 0.15) is 6.04 Å². The SMILES string of the molecule is CC[C@@H](C)[C@@H](NC(=O)C1CCCCC1)C(N)=O. The molecule has 1 rings (SSSR count). The monoisotopic (exact) mass is 240 g/mol. The molecule has 2 amide bonds. The zero-order valence-electron chi connectivity index (χ0n) is 10.9. The summed E-state index contributed by atoms with van der Waals surface area (Å²) in [6, 6.07) is -0.519. The second kappa shape index (κ2) is 6.62. The van der Waals surface area contributed by atoms with Gasteiger partial charge in [-0.05, 0) is 18.8 Å². The van der Waals surface area contributed by atoms with Crippen molar-refractivity contribution in [2.75, 3.05) is 0 Å². The van der Waals surface area contributed by atoms with Crippen LogP contribution in [-0.2, 0) is 9.59 Å². The fourth-order valence-electron chi connectivity index (χ4n) is 2.37. The van der Waals surface area contributed by atoms with Crippen molar-refractivity contribution in [1.82, 2.24) is 5.32 Å². The van der Waals surface area contributed by atoms with Crippen LogP contribution in [0.25, 0.3) is 0 Å². The first kappa shape index (κ1) is 14.0. The Kier molecular flexibility index (Phi) is 5.45.